The van der Waals surface area contributed by atoms with Crippen LogP contribution in [0.5, 0.6) is 0 Å². The van der Waals surface area contributed by atoms with Gasteiger partial charge in [-0.3, -0.25) is 0 Å². The van der Waals surface area contributed by atoms with E-state index in [0.29, 0.717) is 0 Å². The number of alkyl halides is 6. The minimum atomic E-state index is -5.71. The summed E-state index contributed by atoms with van der Waals surface area (Å²) in [6.07, 6.45) is -17.0. The van der Waals surface area contributed by atoms with Gasteiger partial charge in [0, 0.05) is 6.61 Å². The van der Waals surface area contributed by atoms with Crippen molar-refractivity contribution in [1.29, 1.82) is 0 Å². The third-order valence-corrected chi connectivity index (χ3v) is 1.58. The molecule has 0 fully saturated rings. The molecule has 0 rings (SSSR count). The average Bonchev–Trinajstić information content (AvgIpc) is 2.10. The van der Waals surface area contributed by atoms with Crippen molar-refractivity contribution in [3.05, 3.63) is 0 Å². The van der Waals surface area contributed by atoms with Gasteiger partial charge in [0.05, 0.1) is 0 Å². The van der Waals surface area contributed by atoms with Crippen molar-refractivity contribution in [2.24, 2.45) is 0 Å². The van der Waals surface area contributed by atoms with Crippen LogP contribution in [0.1, 0.15) is 13.8 Å². The third-order valence-electron chi connectivity index (χ3n) is 1.58. The Labute approximate surface area is 92.7 Å². The van der Waals surface area contributed by atoms with Crippen LogP contribution in [-0.2, 0) is 14.3 Å². The largest absolute Gasteiger partial charge is 0.441 e. The van der Waals surface area contributed by atoms with E-state index in [2.05, 4.69) is 9.47 Å². The standard InChI is InChI=1S/C8H10F6O3/c1-3-16-4(2)5(15)17-6(7(9,10)11)8(12,13)14/h4,6H,3H2,1-2H3. The summed E-state index contributed by atoms with van der Waals surface area (Å²) in [4.78, 5) is 10.9. The SMILES string of the molecule is CCOC(C)C(=O)OC(C(F)(F)F)C(F)(F)F. The minimum absolute atomic E-state index is 0.0427. The first kappa shape index (κ1) is 16.0. The Hall–Kier alpha value is -0.990. The van der Waals surface area contributed by atoms with Gasteiger partial charge in [0.1, 0.15) is 0 Å². The zero-order valence-corrected chi connectivity index (χ0v) is 8.85. The molecule has 0 aromatic rings. The number of carbonyl (C=O) groups is 1. The van der Waals surface area contributed by atoms with Crippen LogP contribution in [-0.4, -0.2) is 37.1 Å². The van der Waals surface area contributed by atoms with E-state index >= 15 is 0 Å². The van der Waals surface area contributed by atoms with E-state index in [0.717, 1.165) is 6.92 Å². The fourth-order valence-electron chi connectivity index (χ4n) is 0.849. The van der Waals surface area contributed by atoms with E-state index in [1.807, 2.05) is 0 Å². The fourth-order valence-corrected chi connectivity index (χ4v) is 0.849. The molecule has 0 N–H and O–H groups in total. The maximum absolute atomic E-state index is 12.0. The minimum Gasteiger partial charge on any atom is -0.441 e. The molecule has 0 aliphatic carbocycles. The van der Waals surface area contributed by atoms with Crippen LogP contribution >= 0.6 is 0 Å². The molecular formula is C8H10F6O3. The summed E-state index contributed by atoms with van der Waals surface area (Å²) in [6.45, 7) is 2.38. The van der Waals surface area contributed by atoms with Crippen molar-refractivity contribution >= 4 is 5.97 Å². The highest BCUT2D eigenvalue weighted by Gasteiger charge is 2.60. The highest BCUT2D eigenvalue weighted by molar-refractivity contribution is 5.74. The summed E-state index contributed by atoms with van der Waals surface area (Å²) in [6, 6.07) is 0. The van der Waals surface area contributed by atoms with E-state index in [4.69, 9.17) is 0 Å². The van der Waals surface area contributed by atoms with Gasteiger partial charge in [0.25, 0.3) is 6.10 Å². The molecule has 1 unspecified atom stereocenters. The summed E-state index contributed by atoms with van der Waals surface area (Å²) in [5.74, 6) is -1.72. The van der Waals surface area contributed by atoms with Gasteiger partial charge in [0.15, 0.2) is 6.10 Å². The lowest BCUT2D eigenvalue weighted by Crippen LogP contribution is -2.47. The Bertz CT molecular complexity index is 245. The topological polar surface area (TPSA) is 35.5 Å². The van der Waals surface area contributed by atoms with Crippen molar-refractivity contribution in [1.82, 2.24) is 0 Å². The summed E-state index contributed by atoms with van der Waals surface area (Å²) < 4.78 is 79.8. The summed E-state index contributed by atoms with van der Waals surface area (Å²) in [7, 11) is 0. The van der Waals surface area contributed by atoms with Crippen LogP contribution < -0.4 is 0 Å². The lowest BCUT2D eigenvalue weighted by molar-refractivity contribution is -0.315. The molecule has 17 heavy (non-hydrogen) atoms. The van der Waals surface area contributed by atoms with E-state index in [9.17, 15) is 31.1 Å². The molecular weight excluding hydrogens is 258 g/mol. The Kier molecular flexibility index (Phi) is 5.24. The van der Waals surface area contributed by atoms with Crippen molar-refractivity contribution in [3.8, 4) is 0 Å². The zero-order chi connectivity index (χ0) is 13.9. The number of hydrogen-bond acceptors (Lipinski definition) is 3. The third kappa shape index (κ3) is 5.24. The van der Waals surface area contributed by atoms with Crippen LogP contribution in [0.4, 0.5) is 26.3 Å². The molecule has 1 atom stereocenters. The summed E-state index contributed by atoms with van der Waals surface area (Å²) in [5.41, 5.74) is 0. The maximum atomic E-state index is 12.0. The Morgan fingerprint density at radius 1 is 1.12 bits per heavy atom. The first-order valence-corrected chi connectivity index (χ1v) is 4.45. The Morgan fingerprint density at radius 2 is 1.53 bits per heavy atom. The van der Waals surface area contributed by atoms with Crippen molar-refractivity contribution in [2.75, 3.05) is 6.61 Å². The predicted molar refractivity (Wildman–Crippen MR) is 43.1 cm³/mol. The first-order valence-electron chi connectivity index (χ1n) is 4.45. The van der Waals surface area contributed by atoms with Gasteiger partial charge in [0.2, 0.25) is 0 Å². The molecule has 0 aliphatic rings. The molecule has 0 radical (unpaired) electrons. The van der Waals surface area contributed by atoms with Crippen molar-refractivity contribution in [3.63, 3.8) is 0 Å². The van der Waals surface area contributed by atoms with E-state index in [1.165, 1.54) is 6.92 Å². The highest BCUT2D eigenvalue weighted by atomic mass is 19.4. The number of halogens is 6. The second kappa shape index (κ2) is 5.56. The molecule has 9 heteroatoms. The number of esters is 1. The van der Waals surface area contributed by atoms with Crippen LogP contribution in [0.3, 0.4) is 0 Å². The summed E-state index contributed by atoms with van der Waals surface area (Å²) in [5, 5.41) is 0. The second-order valence-corrected chi connectivity index (χ2v) is 3.00. The highest BCUT2D eigenvalue weighted by Crippen LogP contribution is 2.35. The molecule has 102 valence electrons. The smallest absolute Gasteiger partial charge is 0.434 e. The normalized spacial score (nSPS) is 14.9. The molecule has 0 spiro atoms. The van der Waals surface area contributed by atoms with E-state index < -0.39 is 30.5 Å². The zero-order valence-electron chi connectivity index (χ0n) is 8.85. The van der Waals surface area contributed by atoms with Gasteiger partial charge in [-0.05, 0) is 13.8 Å². The van der Waals surface area contributed by atoms with E-state index in [-0.39, 0.29) is 6.61 Å². The Morgan fingerprint density at radius 3 is 1.82 bits per heavy atom. The number of hydrogen-bond donors (Lipinski definition) is 0. The molecule has 0 amide bonds. The van der Waals surface area contributed by atoms with Gasteiger partial charge in [-0.25, -0.2) is 4.79 Å². The second-order valence-electron chi connectivity index (χ2n) is 3.00. The lowest BCUT2D eigenvalue weighted by Gasteiger charge is -2.24. The predicted octanol–water partition coefficient (Wildman–Crippen LogP) is 2.45. The summed E-state index contributed by atoms with van der Waals surface area (Å²) >= 11 is 0. The van der Waals surface area contributed by atoms with Crippen molar-refractivity contribution < 1.29 is 40.6 Å². The molecule has 0 saturated carbocycles. The molecule has 3 nitrogen and oxygen atoms in total. The average molecular weight is 268 g/mol. The molecule has 0 saturated heterocycles. The van der Waals surface area contributed by atoms with Gasteiger partial charge in [-0.15, -0.1) is 0 Å². The first-order chi connectivity index (χ1) is 7.50. The number of rotatable bonds is 4. The monoisotopic (exact) mass is 268 g/mol. The molecule has 0 heterocycles. The van der Waals surface area contributed by atoms with Crippen LogP contribution in [0.2, 0.25) is 0 Å². The molecule has 0 aromatic heterocycles. The number of carbonyl (C=O) groups excluding carboxylic acids is 1. The van der Waals surface area contributed by atoms with Gasteiger partial charge >= 0.3 is 18.3 Å². The van der Waals surface area contributed by atoms with E-state index in [1.54, 1.807) is 0 Å². The van der Waals surface area contributed by atoms with Gasteiger partial charge in [-0.1, -0.05) is 0 Å². The number of ether oxygens (including phenoxy) is 2. The Balaban J connectivity index is 4.73. The van der Waals surface area contributed by atoms with Crippen LogP contribution in [0.15, 0.2) is 0 Å². The van der Waals surface area contributed by atoms with Gasteiger partial charge < -0.3 is 9.47 Å². The molecule has 0 aromatic carbocycles. The van der Waals surface area contributed by atoms with Crippen LogP contribution in [0.25, 0.3) is 0 Å². The molecule has 0 aliphatic heterocycles. The fraction of sp³-hybridized carbons (Fsp3) is 0.875. The maximum Gasteiger partial charge on any atom is 0.434 e. The van der Waals surface area contributed by atoms with Crippen molar-refractivity contribution in [2.45, 2.75) is 38.4 Å². The van der Waals surface area contributed by atoms with Crippen LogP contribution in [0, 0.1) is 0 Å². The lowest BCUT2D eigenvalue weighted by atomic mass is 10.3. The quantitative estimate of drug-likeness (QED) is 0.580. The molecule has 0 bridgehead atoms. The van der Waals surface area contributed by atoms with Gasteiger partial charge in [-0.2, -0.15) is 26.3 Å².